The first kappa shape index (κ1) is 12.4. The van der Waals surface area contributed by atoms with Crippen LogP contribution in [-0.2, 0) is 19.3 Å². The summed E-state index contributed by atoms with van der Waals surface area (Å²) in [5, 5.41) is 8.32. The van der Waals surface area contributed by atoms with Gasteiger partial charge in [-0.2, -0.15) is 0 Å². The van der Waals surface area contributed by atoms with Gasteiger partial charge in [-0.1, -0.05) is 24.3 Å². The molecule has 1 heterocycles. The molecule has 1 aliphatic rings. The van der Waals surface area contributed by atoms with Crippen LogP contribution in [0.5, 0.6) is 0 Å². The zero-order valence-electron chi connectivity index (χ0n) is 11.0. The van der Waals surface area contributed by atoms with Gasteiger partial charge in [0.15, 0.2) is 0 Å². The lowest BCUT2D eigenvalue weighted by Gasteiger charge is -2.21. The molecule has 1 unspecified atom stereocenters. The Morgan fingerprint density at radius 3 is 2.89 bits per heavy atom. The number of hydrogen-bond donors (Lipinski definition) is 1. The van der Waals surface area contributed by atoms with E-state index in [9.17, 15) is 0 Å². The second-order valence-electron chi connectivity index (χ2n) is 5.13. The average molecular weight is 257 g/mol. The molecule has 4 heteroatoms. The number of hydrogen-bond acceptors (Lipinski definition) is 4. The minimum absolute atomic E-state index is 0.369. The molecule has 0 amide bonds. The van der Waals surface area contributed by atoms with Crippen LogP contribution in [0.4, 0.5) is 0 Å². The highest BCUT2D eigenvalue weighted by Gasteiger charge is 2.24. The molecule has 100 valence electrons. The summed E-state index contributed by atoms with van der Waals surface area (Å²) in [6.07, 6.45) is 4.88. The van der Waals surface area contributed by atoms with E-state index in [-0.39, 0.29) is 0 Å². The number of aryl methyl sites for hydroxylation is 2. The molecule has 0 radical (unpaired) electrons. The van der Waals surface area contributed by atoms with Crippen LogP contribution < -0.4 is 5.73 Å². The Morgan fingerprint density at radius 2 is 2.05 bits per heavy atom. The Hall–Kier alpha value is -1.68. The van der Waals surface area contributed by atoms with E-state index in [0.29, 0.717) is 12.5 Å². The number of aromatic nitrogens is 2. The molecule has 0 aliphatic heterocycles. The van der Waals surface area contributed by atoms with E-state index in [4.69, 9.17) is 10.2 Å². The fourth-order valence-electron chi connectivity index (χ4n) is 2.69. The maximum Gasteiger partial charge on any atom is 0.219 e. The zero-order chi connectivity index (χ0) is 13.1. The highest BCUT2D eigenvalue weighted by atomic mass is 16.4. The average Bonchev–Trinajstić information content (AvgIpc) is 2.93. The summed E-state index contributed by atoms with van der Waals surface area (Å²) in [6, 6.07) is 8.62. The quantitative estimate of drug-likeness (QED) is 0.912. The van der Waals surface area contributed by atoms with Crippen LogP contribution in [0, 0.1) is 0 Å². The number of fused-ring (bicyclic) bond motifs is 1. The summed E-state index contributed by atoms with van der Waals surface area (Å²) in [5.41, 5.74) is 8.37. The van der Waals surface area contributed by atoms with Gasteiger partial charge >= 0.3 is 0 Å². The maximum atomic E-state index is 5.76. The standard InChI is InChI=1S/C15H19N3O/c16-9-3-6-14-17-18-15(19-14)13-8-7-11-4-1-2-5-12(11)10-13/h1-2,4-5,13H,3,6-10,16H2. The third kappa shape index (κ3) is 2.68. The van der Waals surface area contributed by atoms with Crippen molar-refractivity contribution in [2.75, 3.05) is 6.54 Å². The minimum Gasteiger partial charge on any atom is -0.425 e. The van der Waals surface area contributed by atoms with Gasteiger partial charge in [-0.25, -0.2) is 0 Å². The molecule has 2 N–H and O–H groups in total. The first-order valence-corrected chi connectivity index (χ1v) is 6.96. The fraction of sp³-hybridized carbons (Fsp3) is 0.467. The second kappa shape index (κ2) is 5.53. The van der Waals surface area contributed by atoms with E-state index in [1.54, 1.807) is 0 Å². The maximum absolute atomic E-state index is 5.76. The van der Waals surface area contributed by atoms with Crippen molar-refractivity contribution in [3.05, 3.63) is 47.2 Å². The van der Waals surface area contributed by atoms with Crippen molar-refractivity contribution in [1.29, 1.82) is 0 Å². The molecule has 1 aromatic heterocycles. The topological polar surface area (TPSA) is 64.9 Å². The third-order valence-electron chi connectivity index (χ3n) is 3.77. The van der Waals surface area contributed by atoms with Crippen molar-refractivity contribution in [2.24, 2.45) is 5.73 Å². The first-order valence-electron chi connectivity index (χ1n) is 6.96. The van der Waals surface area contributed by atoms with E-state index in [1.165, 1.54) is 11.1 Å². The van der Waals surface area contributed by atoms with Crippen LogP contribution in [0.3, 0.4) is 0 Å². The molecule has 2 aromatic rings. The molecule has 0 saturated heterocycles. The number of benzene rings is 1. The van der Waals surface area contributed by atoms with Crippen LogP contribution >= 0.6 is 0 Å². The van der Waals surface area contributed by atoms with Crippen LogP contribution in [-0.4, -0.2) is 16.7 Å². The molecule has 1 aliphatic carbocycles. The molecule has 0 fully saturated rings. The predicted octanol–water partition coefficient (Wildman–Crippen LogP) is 2.23. The lowest BCUT2D eigenvalue weighted by molar-refractivity contribution is 0.393. The summed E-state index contributed by atoms with van der Waals surface area (Å²) in [7, 11) is 0. The number of nitrogens with two attached hydrogens (primary N) is 1. The fourth-order valence-corrected chi connectivity index (χ4v) is 2.69. The summed E-state index contributed by atoms with van der Waals surface area (Å²) >= 11 is 0. The molecule has 1 atom stereocenters. The molecule has 1 aromatic carbocycles. The number of rotatable bonds is 4. The largest absolute Gasteiger partial charge is 0.425 e. The Bertz CT molecular complexity index is 550. The molecular weight excluding hydrogens is 238 g/mol. The van der Waals surface area contributed by atoms with Crippen molar-refractivity contribution in [1.82, 2.24) is 10.2 Å². The van der Waals surface area contributed by atoms with Crippen LogP contribution in [0.15, 0.2) is 28.7 Å². The highest BCUT2D eigenvalue weighted by Crippen LogP contribution is 2.31. The Kier molecular flexibility index (Phi) is 3.60. The zero-order valence-corrected chi connectivity index (χ0v) is 11.0. The molecule has 19 heavy (non-hydrogen) atoms. The van der Waals surface area contributed by atoms with E-state index in [1.807, 2.05) is 0 Å². The van der Waals surface area contributed by atoms with Gasteiger partial charge in [-0.05, 0) is 43.4 Å². The molecular formula is C15H19N3O. The predicted molar refractivity (Wildman–Crippen MR) is 72.9 cm³/mol. The summed E-state index contributed by atoms with van der Waals surface area (Å²) in [4.78, 5) is 0. The van der Waals surface area contributed by atoms with Crippen LogP contribution in [0.2, 0.25) is 0 Å². The Balaban J connectivity index is 1.72. The summed E-state index contributed by atoms with van der Waals surface area (Å²) in [5.74, 6) is 1.88. The smallest absolute Gasteiger partial charge is 0.219 e. The van der Waals surface area contributed by atoms with Gasteiger partial charge in [0.1, 0.15) is 0 Å². The summed E-state index contributed by atoms with van der Waals surface area (Å²) < 4.78 is 5.76. The Morgan fingerprint density at radius 1 is 1.21 bits per heavy atom. The normalized spacial score (nSPS) is 18.3. The SMILES string of the molecule is NCCCc1nnc(C2CCc3ccccc3C2)o1. The third-order valence-corrected chi connectivity index (χ3v) is 3.77. The van der Waals surface area contributed by atoms with Gasteiger partial charge in [0.05, 0.1) is 0 Å². The molecule has 0 bridgehead atoms. The van der Waals surface area contributed by atoms with E-state index < -0.39 is 0 Å². The van der Waals surface area contributed by atoms with Gasteiger partial charge in [0, 0.05) is 12.3 Å². The van der Waals surface area contributed by atoms with E-state index in [2.05, 4.69) is 34.5 Å². The van der Waals surface area contributed by atoms with Crippen molar-refractivity contribution in [3.8, 4) is 0 Å². The summed E-state index contributed by atoms with van der Waals surface area (Å²) in [6.45, 7) is 0.661. The molecule has 0 spiro atoms. The lowest BCUT2D eigenvalue weighted by Crippen LogP contribution is -2.12. The lowest BCUT2D eigenvalue weighted by atomic mass is 9.84. The van der Waals surface area contributed by atoms with Gasteiger partial charge in [-0.15, -0.1) is 10.2 Å². The molecule has 3 rings (SSSR count). The minimum atomic E-state index is 0.369. The Labute approximate surface area is 113 Å². The number of nitrogens with zero attached hydrogens (tertiary/aromatic N) is 2. The molecule has 0 saturated carbocycles. The van der Waals surface area contributed by atoms with Crippen LogP contribution in [0.1, 0.15) is 41.7 Å². The monoisotopic (exact) mass is 257 g/mol. The van der Waals surface area contributed by atoms with Gasteiger partial charge < -0.3 is 10.2 Å². The van der Waals surface area contributed by atoms with Gasteiger partial charge in [0.25, 0.3) is 0 Å². The highest BCUT2D eigenvalue weighted by molar-refractivity contribution is 5.31. The van der Waals surface area contributed by atoms with Crippen molar-refractivity contribution in [2.45, 2.75) is 38.0 Å². The van der Waals surface area contributed by atoms with Gasteiger partial charge in [0.2, 0.25) is 11.8 Å². The van der Waals surface area contributed by atoms with Crippen molar-refractivity contribution >= 4 is 0 Å². The van der Waals surface area contributed by atoms with E-state index >= 15 is 0 Å². The van der Waals surface area contributed by atoms with Crippen LogP contribution in [0.25, 0.3) is 0 Å². The first-order chi connectivity index (χ1) is 9.36. The van der Waals surface area contributed by atoms with Crippen molar-refractivity contribution in [3.63, 3.8) is 0 Å². The van der Waals surface area contributed by atoms with E-state index in [0.717, 1.165) is 43.9 Å². The second-order valence-corrected chi connectivity index (χ2v) is 5.13. The molecule has 4 nitrogen and oxygen atoms in total. The van der Waals surface area contributed by atoms with Gasteiger partial charge in [-0.3, -0.25) is 0 Å². The van der Waals surface area contributed by atoms with Crippen molar-refractivity contribution < 1.29 is 4.42 Å².